The Balaban J connectivity index is 2.28. The third-order valence-electron chi connectivity index (χ3n) is 4.49. The lowest BCUT2D eigenvalue weighted by atomic mass is 10.1. The van der Waals surface area contributed by atoms with E-state index in [0.717, 1.165) is 11.8 Å². The zero-order valence-corrected chi connectivity index (χ0v) is 18.3. The quantitative estimate of drug-likeness (QED) is 0.497. The second-order valence-corrected chi connectivity index (χ2v) is 8.30. The Bertz CT molecular complexity index is 915. The van der Waals surface area contributed by atoms with Crippen molar-refractivity contribution in [1.29, 1.82) is 0 Å². The van der Waals surface area contributed by atoms with Gasteiger partial charge in [-0.25, -0.2) is 9.59 Å². The molecule has 1 fully saturated rings. The van der Waals surface area contributed by atoms with E-state index in [9.17, 15) is 24.0 Å². The Morgan fingerprint density at radius 1 is 1.16 bits per heavy atom. The number of hydrogen-bond donors (Lipinski definition) is 1. The third-order valence-corrected chi connectivity index (χ3v) is 5.50. The van der Waals surface area contributed by atoms with E-state index in [0.29, 0.717) is 6.42 Å². The van der Waals surface area contributed by atoms with Gasteiger partial charge < -0.3 is 19.7 Å². The van der Waals surface area contributed by atoms with Crippen molar-refractivity contribution in [3.8, 4) is 0 Å². The Kier molecular flexibility index (Phi) is 8.38. The van der Waals surface area contributed by atoms with Crippen LogP contribution in [0.4, 0.5) is 5.69 Å². The summed E-state index contributed by atoms with van der Waals surface area (Å²) in [5.41, 5.74) is 0.259. The summed E-state index contributed by atoms with van der Waals surface area (Å²) in [6, 6.07) is 3.24. The summed E-state index contributed by atoms with van der Waals surface area (Å²) >= 11 is 1.09. The van der Waals surface area contributed by atoms with Gasteiger partial charge >= 0.3 is 11.9 Å². The maximum Gasteiger partial charge on any atom is 0.338 e. The van der Waals surface area contributed by atoms with Crippen LogP contribution in [-0.2, 0) is 23.9 Å². The van der Waals surface area contributed by atoms with Gasteiger partial charge in [0.2, 0.25) is 11.8 Å². The van der Waals surface area contributed by atoms with Crippen LogP contribution in [0.2, 0.25) is 0 Å². The molecule has 0 aromatic heterocycles. The number of nitrogens with one attached hydrogen (secondary N) is 1. The fraction of sp³-hybridized carbons (Fsp3) is 0.381. The second-order valence-electron chi connectivity index (χ2n) is 6.82. The summed E-state index contributed by atoms with van der Waals surface area (Å²) in [6.07, 6.45) is 1.71. The van der Waals surface area contributed by atoms with E-state index in [1.54, 1.807) is 0 Å². The van der Waals surface area contributed by atoms with Gasteiger partial charge in [-0.15, -0.1) is 0 Å². The van der Waals surface area contributed by atoms with Gasteiger partial charge in [-0.2, -0.15) is 0 Å². The Hall–Kier alpha value is -3.14. The molecule has 0 aliphatic carbocycles. The molecule has 0 spiro atoms. The van der Waals surface area contributed by atoms with Crippen molar-refractivity contribution >= 4 is 46.3 Å². The summed E-state index contributed by atoms with van der Waals surface area (Å²) in [5.74, 6) is -2.18. The van der Waals surface area contributed by atoms with Crippen LogP contribution in [0.5, 0.6) is 0 Å². The first-order valence-electron chi connectivity index (χ1n) is 9.43. The van der Waals surface area contributed by atoms with E-state index in [-0.39, 0.29) is 46.2 Å². The molecule has 2 atom stereocenters. The van der Waals surface area contributed by atoms with E-state index in [1.807, 2.05) is 0 Å². The zero-order valence-electron chi connectivity index (χ0n) is 17.5. The third kappa shape index (κ3) is 6.42. The van der Waals surface area contributed by atoms with Crippen LogP contribution in [0.1, 0.15) is 41.0 Å². The predicted octanol–water partition coefficient (Wildman–Crippen LogP) is 2.02. The van der Waals surface area contributed by atoms with Gasteiger partial charge in [-0.3, -0.25) is 14.4 Å². The van der Waals surface area contributed by atoms with Gasteiger partial charge in [0.05, 0.1) is 18.2 Å². The summed E-state index contributed by atoms with van der Waals surface area (Å²) < 4.78 is 9.70. The molecule has 0 bridgehead atoms. The first-order chi connectivity index (χ1) is 14.7. The molecular formula is C21H24N2O7S. The molecule has 1 heterocycles. The van der Waals surface area contributed by atoms with Crippen LogP contribution < -0.4 is 5.32 Å². The summed E-state index contributed by atoms with van der Waals surface area (Å²) in [5, 5.41) is 2.36. The van der Waals surface area contributed by atoms with Crippen LogP contribution in [0.15, 0.2) is 30.9 Å². The number of benzene rings is 1. The predicted molar refractivity (Wildman–Crippen MR) is 115 cm³/mol. The average molecular weight is 448 g/mol. The molecule has 9 nitrogen and oxygen atoms in total. The SMILES string of the molecule is C=CCOC(=O)c1cc(NC(=O)C2CC(SC(C)=O)CN2C(C)=O)cc(C(=O)OC)c1. The van der Waals surface area contributed by atoms with Crippen LogP contribution in [0.3, 0.4) is 0 Å². The van der Waals surface area contributed by atoms with Crippen molar-refractivity contribution in [3.05, 3.63) is 42.0 Å². The number of amides is 2. The second kappa shape index (κ2) is 10.8. The minimum Gasteiger partial charge on any atom is -0.465 e. The molecule has 2 unspecified atom stereocenters. The van der Waals surface area contributed by atoms with Crippen molar-refractivity contribution in [2.75, 3.05) is 25.6 Å². The lowest BCUT2D eigenvalue weighted by Crippen LogP contribution is -2.42. The van der Waals surface area contributed by atoms with Gasteiger partial charge in [0.1, 0.15) is 12.6 Å². The van der Waals surface area contributed by atoms with Crippen molar-refractivity contribution in [3.63, 3.8) is 0 Å². The number of carbonyl (C=O) groups is 5. The molecule has 1 aliphatic heterocycles. The number of thioether (sulfide) groups is 1. The maximum atomic E-state index is 12.9. The van der Waals surface area contributed by atoms with Crippen molar-refractivity contribution in [2.45, 2.75) is 31.6 Å². The van der Waals surface area contributed by atoms with E-state index in [2.05, 4.69) is 11.9 Å². The fourth-order valence-corrected chi connectivity index (χ4v) is 4.19. The van der Waals surface area contributed by atoms with E-state index >= 15 is 0 Å². The maximum absolute atomic E-state index is 12.9. The summed E-state index contributed by atoms with van der Waals surface area (Å²) in [4.78, 5) is 61.9. The number of anilines is 1. The molecule has 0 radical (unpaired) electrons. The fourth-order valence-electron chi connectivity index (χ4n) is 3.21. The monoisotopic (exact) mass is 448 g/mol. The number of hydrogen-bond acceptors (Lipinski definition) is 8. The van der Waals surface area contributed by atoms with Gasteiger partial charge in [-0.05, 0) is 24.6 Å². The van der Waals surface area contributed by atoms with Gasteiger partial charge in [-0.1, -0.05) is 24.4 Å². The average Bonchev–Trinajstić information content (AvgIpc) is 3.14. The first-order valence-corrected chi connectivity index (χ1v) is 10.3. The number of rotatable bonds is 7. The normalized spacial score (nSPS) is 17.6. The largest absolute Gasteiger partial charge is 0.465 e. The van der Waals surface area contributed by atoms with E-state index in [4.69, 9.17) is 9.47 Å². The Morgan fingerprint density at radius 3 is 2.35 bits per heavy atom. The molecule has 2 rings (SSSR count). The van der Waals surface area contributed by atoms with Gasteiger partial charge in [0.15, 0.2) is 5.12 Å². The number of nitrogens with zero attached hydrogens (tertiary/aromatic N) is 1. The minimum absolute atomic E-state index is 0.0200. The van der Waals surface area contributed by atoms with E-state index < -0.39 is 23.9 Å². The lowest BCUT2D eigenvalue weighted by Gasteiger charge is -2.22. The molecule has 1 aromatic rings. The Labute approximate surface area is 184 Å². The summed E-state index contributed by atoms with van der Waals surface area (Å²) in [6.45, 7) is 6.51. The van der Waals surface area contributed by atoms with Crippen molar-refractivity contribution in [2.24, 2.45) is 0 Å². The number of esters is 2. The molecule has 31 heavy (non-hydrogen) atoms. The molecule has 166 valence electrons. The zero-order chi connectivity index (χ0) is 23.1. The molecule has 1 aromatic carbocycles. The van der Waals surface area contributed by atoms with Crippen molar-refractivity contribution < 1.29 is 33.4 Å². The van der Waals surface area contributed by atoms with Gasteiger partial charge in [0.25, 0.3) is 0 Å². The molecule has 1 aliphatic rings. The van der Waals surface area contributed by atoms with Crippen LogP contribution in [-0.4, -0.2) is 65.3 Å². The number of carbonyl (C=O) groups excluding carboxylic acids is 5. The standard InChI is InChI=1S/C21H24N2O7S/c1-5-6-30-21(28)15-7-14(20(27)29-4)8-16(9-15)22-19(26)18-10-17(31-13(3)25)11-23(18)12(2)24/h5,7-9,17-18H,1,6,10-11H2,2-4H3,(H,22,26). The van der Waals surface area contributed by atoms with Crippen LogP contribution in [0, 0.1) is 0 Å². The summed E-state index contributed by atoms with van der Waals surface area (Å²) in [7, 11) is 1.19. The molecule has 1 N–H and O–H groups in total. The first kappa shape index (κ1) is 24.1. The molecule has 0 saturated carbocycles. The highest BCUT2D eigenvalue weighted by atomic mass is 32.2. The number of methoxy groups -OCH3 is 1. The minimum atomic E-state index is -0.785. The number of ether oxygens (including phenoxy) is 2. The smallest absolute Gasteiger partial charge is 0.338 e. The topological polar surface area (TPSA) is 119 Å². The van der Waals surface area contributed by atoms with Gasteiger partial charge in [0, 0.05) is 31.3 Å². The molecule has 10 heteroatoms. The molecule has 1 saturated heterocycles. The Morgan fingerprint density at radius 2 is 1.81 bits per heavy atom. The lowest BCUT2D eigenvalue weighted by molar-refractivity contribution is -0.134. The molecule has 2 amide bonds. The highest BCUT2D eigenvalue weighted by Gasteiger charge is 2.39. The van der Waals surface area contributed by atoms with Crippen LogP contribution in [0.25, 0.3) is 0 Å². The van der Waals surface area contributed by atoms with Crippen LogP contribution >= 0.6 is 11.8 Å². The van der Waals surface area contributed by atoms with E-state index in [1.165, 1.54) is 50.1 Å². The number of likely N-dealkylation sites (tertiary alicyclic amines) is 1. The van der Waals surface area contributed by atoms with Crippen molar-refractivity contribution in [1.82, 2.24) is 4.90 Å². The highest BCUT2D eigenvalue weighted by Crippen LogP contribution is 2.29. The molecular weight excluding hydrogens is 424 g/mol. The highest BCUT2D eigenvalue weighted by molar-refractivity contribution is 8.14.